The van der Waals surface area contributed by atoms with Gasteiger partial charge in [-0.25, -0.2) is 4.98 Å². The van der Waals surface area contributed by atoms with Crippen LogP contribution in [0.5, 0.6) is 0 Å². The molecule has 1 heterocycles. The minimum absolute atomic E-state index is 0.0474. The maximum absolute atomic E-state index is 12.5. The van der Waals surface area contributed by atoms with Crippen molar-refractivity contribution in [3.05, 3.63) is 52.0 Å². The first kappa shape index (κ1) is 21.5. The van der Waals surface area contributed by atoms with Crippen molar-refractivity contribution in [3.63, 3.8) is 0 Å². The Morgan fingerprint density at radius 2 is 1.97 bits per heavy atom. The first-order valence-electron chi connectivity index (χ1n) is 10.1. The second kappa shape index (κ2) is 9.50. The van der Waals surface area contributed by atoms with E-state index < -0.39 is 6.10 Å². The Bertz CT molecular complexity index is 839. The average Bonchev–Trinajstić information content (AvgIpc) is 3.03. The van der Waals surface area contributed by atoms with Crippen LogP contribution in [0.2, 0.25) is 0 Å². The van der Waals surface area contributed by atoms with Crippen LogP contribution in [0.3, 0.4) is 0 Å². The van der Waals surface area contributed by atoms with Crippen molar-refractivity contribution in [3.8, 4) is 0 Å². The fourth-order valence-corrected chi connectivity index (χ4v) is 4.76. The molecule has 0 bridgehead atoms. The lowest BCUT2D eigenvalue weighted by atomic mass is 9.74. The molecule has 0 unspecified atom stereocenters. The molecule has 2 aromatic rings. The third-order valence-electron chi connectivity index (χ3n) is 5.72. The molecule has 3 N–H and O–H groups in total. The van der Waals surface area contributed by atoms with Gasteiger partial charge in [-0.15, -0.1) is 11.3 Å². The number of hydrogen-bond donors (Lipinski definition) is 3. The quantitative estimate of drug-likeness (QED) is 0.632. The SMILES string of the molecule is CC(=O)N[C@H]1CC[C@](CNC(=O)Cc2csc(C)n2)(c2ccccc2)CC[C@@H]1O. The van der Waals surface area contributed by atoms with E-state index in [1.807, 2.05) is 30.5 Å². The second-order valence-electron chi connectivity index (χ2n) is 7.91. The highest BCUT2D eigenvalue weighted by molar-refractivity contribution is 7.09. The van der Waals surface area contributed by atoms with Gasteiger partial charge < -0.3 is 15.7 Å². The molecule has 7 heteroatoms. The van der Waals surface area contributed by atoms with Crippen LogP contribution in [0.15, 0.2) is 35.7 Å². The van der Waals surface area contributed by atoms with E-state index in [4.69, 9.17) is 0 Å². The number of aromatic nitrogens is 1. The molecule has 156 valence electrons. The number of nitrogens with zero attached hydrogens (tertiary/aromatic N) is 1. The zero-order valence-electron chi connectivity index (χ0n) is 17.0. The van der Waals surface area contributed by atoms with Gasteiger partial charge in [0.15, 0.2) is 0 Å². The molecular weight excluding hydrogens is 386 g/mol. The van der Waals surface area contributed by atoms with Crippen molar-refractivity contribution in [2.24, 2.45) is 0 Å². The van der Waals surface area contributed by atoms with E-state index in [9.17, 15) is 14.7 Å². The van der Waals surface area contributed by atoms with Crippen LogP contribution < -0.4 is 10.6 Å². The van der Waals surface area contributed by atoms with Gasteiger partial charge >= 0.3 is 0 Å². The molecule has 1 fully saturated rings. The van der Waals surface area contributed by atoms with Crippen molar-refractivity contribution in [2.75, 3.05) is 6.54 Å². The summed E-state index contributed by atoms with van der Waals surface area (Å²) in [6.07, 6.45) is 2.43. The molecule has 0 spiro atoms. The summed E-state index contributed by atoms with van der Waals surface area (Å²) in [6.45, 7) is 3.90. The van der Waals surface area contributed by atoms with Crippen LogP contribution in [-0.4, -0.2) is 40.6 Å². The van der Waals surface area contributed by atoms with Gasteiger partial charge in [0.05, 0.1) is 29.3 Å². The summed E-state index contributed by atoms with van der Waals surface area (Å²) >= 11 is 1.54. The molecule has 1 saturated carbocycles. The van der Waals surface area contributed by atoms with Crippen molar-refractivity contribution < 1.29 is 14.7 Å². The van der Waals surface area contributed by atoms with Gasteiger partial charge in [-0.2, -0.15) is 0 Å². The Kier molecular flexibility index (Phi) is 7.03. The maximum atomic E-state index is 12.5. The number of nitrogens with one attached hydrogen (secondary N) is 2. The maximum Gasteiger partial charge on any atom is 0.226 e. The first-order chi connectivity index (χ1) is 13.9. The summed E-state index contributed by atoms with van der Waals surface area (Å²) in [7, 11) is 0. The third-order valence-corrected chi connectivity index (χ3v) is 6.55. The van der Waals surface area contributed by atoms with Crippen molar-refractivity contribution in [1.29, 1.82) is 0 Å². The molecule has 0 saturated heterocycles. The van der Waals surface area contributed by atoms with Crippen LogP contribution in [0.25, 0.3) is 0 Å². The number of rotatable bonds is 6. The highest BCUT2D eigenvalue weighted by Crippen LogP contribution is 2.38. The number of benzene rings is 1. The van der Waals surface area contributed by atoms with Crippen LogP contribution in [0, 0.1) is 6.92 Å². The van der Waals surface area contributed by atoms with Crippen LogP contribution in [-0.2, 0) is 21.4 Å². The predicted octanol–water partition coefficient (Wildman–Crippen LogP) is 2.49. The number of amides is 2. The summed E-state index contributed by atoms with van der Waals surface area (Å²) in [5.41, 5.74) is 1.67. The van der Waals surface area contributed by atoms with E-state index in [0.717, 1.165) is 29.1 Å². The fraction of sp³-hybridized carbons (Fsp3) is 0.500. The third kappa shape index (κ3) is 5.64. The summed E-state index contributed by atoms with van der Waals surface area (Å²) in [6, 6.07) is 9.90. The molecule has 6 nitrogen and oxygen atoms in total. The molecule has 1 aliphatic rings. The summed E-state index contributed by atoms with van der Waals surface area (Å²) < 4.78 is 0. The van der Waals surface area contributed by atoms with E-state index in [0.29, 0.717) is 19.4 Å². The lowest BCUT2D eigenvalue weighted by Crippen LogP contribution is -2.42. The van der Waals surface area contributed by atoms with Gasteiger partial charge in [-0.1, -0.05) is 30.3 Å². The largest absolute Gasteiger partial charge is 0.391 e. The molecule has 1 aliphatic carbocycles. The summed E-state index contributed by atoms with van der Waals surface area (Å²) in [5, 5.41) is 19.4. The standard InChI is InChI=1S/C22H29N3O3S/c1-15(26)24-19-8-10-22(11-9-20(19)27,17-6-4-3-5-7-17)14-23-21(28)12-18-13-29-16(2)25-18/h3-7,13,19-20,27H,8-12,14H2,1-2H3,(H,23,28)(H,24,26)/t19-,20-,22-/m0/s1. The number of aliphatic hydroxyl groups is 1. The zero-order valence-corrected chi connectivity index (χ0v) is 17.8. The highest BCUT2D eigenvalue weighted by Gasteiger charge is 2.38. The molecule has 0 aliphatic heterocycles. The van der Waals surface area contributed by atoms with E-state index in [1.54, 1.807) is 11.3 Å². The van der Waals surface area contributed by atoms with E-state index in [-0.39, 0.29) is 29.7 Å². The topological polar surface area (TPSA) is 91.3 Å². The van der Waals surface area contributed by atoms with Gasteiger partial charge in [-0.3, -0.25) is 9.59 Å². The molecule has 29 heavy (non-hydrogen) atoms. The van der Waals surface area contributed by atoms with Gasteiger partial charge in [-0.05, 0) is 38.2 Å². The highest BCUT2D eigenvalue weighted by atomic mass is 32.1. The molecule has 1 aromatic carbocycles. The van der Waals surface area contributed by atoms with E-state index in [2.05, 4.69) is 27.8 Å². The lowest BCUT2D eigenvalue weighted by Gasteiger charge is -2.34. The smallest absolute Gasteiger partial charge is 0.226 e. The average molecular weight is 416 g/mol. The molecule has 0 radical (unpaired) electrons. The number of hydrogen-bond acceptors (Lipinski definition) is 5. The Morgan fingerprint density at radius 1 is 1.24 bits per heavy atom. The van der Waals surface area contributed by atoms with Crippen LogP contribution >= 0.6 is 11.3 Å². The first-order valence-corrected chi connectivity index (χ1v) is 10.9. The van der Waals surface area contributed by atoms with E-state index >= 15 is 0 Å². The molecule has 3 rings (SSSR count). The second-order valence-corrected chi connectivity index (χ2v) is 8.97. The van der Waals surface area contributed by atoms with Crippen LogP contribution in [0.1, 0.15) is 48.9 Å². The van der Waals surface area contributed by atoms with Gasteiger partial charge in [0, 0.05) is 24.3 Å². The number of carbonyl (C=O) groups excluding carboxylic acids is 2. The zero-order chi connectivity index (χ0) is 20.9. The predicted molar refractivity (Wildman–Crippen MR) is 114 cm³/mol. The molecule has 1 aromatic heterocycles. The minimum Gasteiger partial charge on any atom is -0.391 e. The van der Waals surface area contributed by atoms with Crippen molar-refractivity contribution in [1.82, 2.24) is 15.6 Å². The summed E-state index contributed by atoms with van der Waals surface area (Å²) in [5.74, 6) is -0.179. The number of thiazole rings is 1. The molecular formula is C22H29N3O3S. The number of aliphatic hydroxyl groups excluding tert-OH is 1. The Balaban J connectivity index is 1.74. The Morgan fingerprint density at radius 3 is 2.62 bits per heavy atom. The Labute approximate surface area is 175 Å². The lowest BCUT2D eigenvalue weighted by molar-refractivity contribution is -0.121. The van der Waals surface area contributed by atoms with Crippen LogP contribution in [0.4, 0.5) is 0 Å². The number of carbonyl (C=O) groups is 2. The molecule has 2 amide bonds. The fourth-order valence-electron chi connectivity index (χ4n) is 4.15. The van der Waals surface area contributed by atoms with Crippen molar-refractivity contribution >= 4 is 23.2 Å². The van der Waals surface area contributed by atoms with Gasteiger partial charge in [0.2, 0.25) is 11.8 Å². The minimum atomic E-state index is -0.585. The number of aryl methyl sites for hydroxylation is 1. The van der Waals surface area contributed by atoms with Gasteiger partial charge in [0.25, 0.3) is 0 Å². The summed E-state index contributed by atoms with van der Waals surface area (Å²) in [4.78, 5) is 28.4. The van der Waals surface area contributed by atoms with Gasteiger partial charge in [0.1, 0.15) is 0 Å². The van der Waals surface area contributed by atoms with Crippen molar-refractivity contribution in [2.45, 2.75) is 63.5 Å². The monoisotopic (exact) mass is 415 g/mol. The van der Waals surface area contributed by atoms with E-state index in [1.165, 1.54) is 6.92 Å². The molecule has 3 atom stereocenters. The Hall–Kier alpha value is -2.25. The normalized spacial score (nSPS) is 24.5.